The number of benzene rings is 2. The van der Waals surface area contributed by atoms with E-state index in [-0.39, 0.29) is 5.97 Å². The van der Waals surface area contributed by atoms with Crippen molar-refractivity contribution in [2.24, 2.45) is 0 Å². The number of hydrogen-bond donors (Lipinski definition) is 0. The summed E-state index contributed by atoms with van der Waals surface area (Å²) in [4.78, 5) is 11.8. The highest BCUT2D eigenvalue weighted by Gasteiger charge is 2.06. The molecule has 2 aromatic rings. The van der Waals surface area contributed by atoms with Crippen LogP contribution in [0.5, 0.6) is 5.75 Å². The summed E-state index contributed by atoms with van der Waals surface area (Å²) < 4.78 is 5.33. The fourth-order valence-corrected chi connectivity index (χ4v) is 2.26. The molecule has 0 radical (unpaired) electrons. The van der Waals surface area contributed by atoms with E-state index >= 15 is 0 Å². The van der Waals surface area contributed by atoms with Gasteiger partial charge in [0.15, 0.2) is 0 Å². The van der Waals surface area contributed by atoms with Gasteiger partial charge in [-0.05, 0) is 47.7 Å². The Bertz CT molecular complexity index is 603. The fourth-order valence-electron chi connectivity index (χ4n) is 2.04. The highest BCUT2D eigenvalue weighted by atomic mass is 35.5. The number of carbonyl (C=O) groups excluding carboxylic acids is 1. The molecule has 0 aliphatic carbocycles. The molecule has 2 rings (SSSR count). The largest absolute Gasteiger partial charge is 0.427 e. The van der Waals surface area contributed by atoms with Gasteiger partial charge in [0.25, 0.3) is 0 Å². The summed E-state index contributed by atoms with van der Waals surface area (Å²) in [6, 6.07) is 15.2. The lowest BCUT2D eigenvalue weighted by Gasteiger charge is -2.08. The standard InChI is InChI=1S/C18H19ClO2/c1-13(2)15-7-9-17(10-8-15)21-18(20)11-6-14-4-3-5-16(19)12-14/h3-5,7-10,12-13H,6,11H2,1-2H3. The average Bonchev–Trinajstić information content (AvgIpc) is 2.46. The van der Waals surface area contributed by atoms with Crippen LogP contribution in [0, 0.1) is 0 Å². The zero-order chi connectivity index (χ0) is 15.2. The van der Waals surface area contributed by atoms with Crippen LogP contribution in [0.25, 0.3) is 0 Å². The van der Waals surface area contributed by atoms with Crippen LogP contribution in [0.2, 0.25) is 5.02 Å². The van der Waals surface area contributed by atoms with Crippen molar-refractivity contribution in [2.75, 3.05) is 0 Å². The predicted molar refractivity (Wildman–Crippen MR) is 85.9 cm³/mol. The smallest absolute Gasteiger partial charge is 0.311 e. The summed E-state index contributed by atoms with van der Waals surface area (Å²) in [5.74, 6) is 0.834. The molecule has 3 heteroatoms. The van der Waals surface area contributed by atoms with Crippen molar-refractivity contribution in [3.63, 3.8) is 0 Å². The highest BCUT2D eigenvalue weighted by Crippen LogP contribution is 2.19. The lowest BCUT2D eigenvalue weighted by Crippen LogP contribution is -2.09. The lowest BCUT2D eigenvalue weighted by atomic mass is 10.0. The Balaban J connectivity index is 1.87. The SMILES string of the molecule is CC(C)c1ccc(OC(=O)CCc2cccc(Cl)c2)cc1. The zero-order valence-corrected chi connectivity index (χ0v) is 13.1. The summed E-state index contributed by atoms with van der Waals surface area (Å²) >= 11 is 5.91. The third kappa shape index (κ3) is 4.91. The predicted octanol–water partition coefficient (Wildman–Crippen LogP) is 5.00. The number of carbonyl (C=O) groups is 1. The van der Waals surface area contributed by atoms with Crippen LogP contribution >= 0.6 is 11.6 Å². The quantitative estimate of drug-likeness (QED) is 0.574. The second kappa shape index (κ2) is 7.28. The van der Waals surface area contributed by atoms with Crippen LogP contribution in [0.4, 0.5) is 0 Å². The van der Waals surface area contributed by atoms with Gasteiger partial charge in [-0.2, -0.15) is 0 Å². The van der Waals surface area contributed by atoms with E-state index in [9.17, 15) is 4.79 Å². The van der Waals surface area contributed by atoms with Crippen molar-refractivity contribution < 1.29 is 9.53 Å². The number of esters is 1. The minimum Gasteiger partial charge on any atom is -0.427 e. The molecule has 110 valence electrons. The summed E-state index contributed by atoms with van der Waals surface area (Å²) in [5, 5.41) is 0.685. The molecular weight excluding hydrogens is 284 g/mol. The van der Waals surface area contributed by atoms with Gasteiger partial charge in [0.2, 0.25) is 0 Å². The lowest BCUT2D eigenvalue weighted by molar-refractivity contribution is -0.134. The van der Waals surface area contributed by atoms with Crippen LogP contribution in [-0.4, -0.2) is 5.97 Å². The second-order valence-electron chi connectivity index (χ2n) is 5.33. The number of halogens is 1. The van der Waals surface area contributed by atoms with Gasteiger partial charge in [0.05, 0.1) is 0 Å². The van der Waals surface area contributed by atoms with Crippen LogP contribution in [-0.2, 0) is 11.2 Å². The van der Waals surface area contributed by atoms with Gasteiger partial charge in [0, 0.05) is 11.4 Å². The molecule has 0 spiro atoms. The summed E-state index contributed by atoms with van der Waals surface area (Å²) in [6.45, 7) is 4.26. The topological polar surface area (TPSA) is 26.3 Å². The minimum absolute atomic E-state index is 0.229. The summed E-state index contributed by atoms with van der Waals surface area (Å²) in [5.41, 5.74) is 2.27. The molecule has 21 heavy (non-hydrogen) atoms. The van der Waals surface area contributed by atoms with Crippen LogP contribution in [0.3, 0.4) is 0 Å². The molecule has 0 bridgehead atoms. The van der Waals surface area contributed by atoms with Crippen LogP contribution in [0.15, 0.2) is 48.5 Å². The summed E-state index contributed by atoms with van der Waals surface area (Å²) in [6.07, 6.45) is 0.968. The summed E-state index contributed by atoms with van der Waals surface area (Å²) in [7, 11) is 0. The monoisotopic (exact) mass is 302 g/mol. The van der Waals surface area contributed by atoms with Crippen molar-refractivity contribution in [1.82, 2.24) is 0 Å². The maximum absolute atomic E-state index is 11.8. The molecule has 0 heterocycles. The van der Waals surface area contributed by atoms with E-state index in [1.165, 1.54) is 5.56 Å². The minimum atomic E-state index is -0.229. The van der Waals surface area contributed by atoms with E-state index < -0.39 is 0 Å². The third-order valence-corrected chi connectivity index (χ3v) is 3.52. The average molecular weight is 303 g/mol. The maximum atomic E-state index is 11.8. The molecule has 0 aliphatic heterocycles. The molecule has 0 atom stereocenters. The Morgan fingerprint density at radius 1 is 1.14 bits per heavy atom. The molecule has 0 unspecified atom stereocenters. The molecule has 0 saturated heterocycles. The molecule has 0 fully saturated rings. The third-order valence-electron chi connectivity index (χ3n) is 3.29. The first-order valence-corrected chi connectivity index (χ1v) is 7.47. The number of aryl methyl sites for hydroxylation is 1. The van der Waals surface area contributed by atoms with Crippen LogP contribution < -0.4 is 4.74 Å². The van der Waals surface area contributed by atoms with Crippen molar-refractivity contribution in [2.45, 2.75) is 32.6 Å². The first-order chi connectivity index (χ1) is 10.0. The van der Waals surface area contributed by atoms with E-state index in [1.54, 1.807) is 0 Å². The second-order valence-corrected chi connectivity index (χ2v) is 5.76. The Hall–Kier alpha value is -1.80. The van der Waals surface area contributed by atoms with E-state index in [4.69, 9.17) is 16.3 Å². The first kappa shape index (κ1) is 15.6. The Morgan fingerprint density at radius 2 is 1.86 bits per heavy atom. The molecule has 0 aliphatic rings. The Morgan fingerprint density at radius 3 is 2.48 bits per heavy atom. The van der Waals surface area contributed by atoms with Gasteiger partial charge < -0.3 is 4.74 Å². The Kier molecular flexibility index (Phi) is 5.40. The highest BCUT2D eigenvalue weighted by molar-refractivity contribution is 6.30. The zero-order valence-electron chi connectivity index (χ0n) is 12.3. The number of rotatable bonds is 5. The molecule has 0 saturated carbocycles. The normalized spacial score (nSPS) is 10.7. The van der Waals surface area contributed by atoms with Gasteiger partial charge in [-0.3, -0.25) is 4.79 Å². The van der Waals surface area contributed by atoms with E-state index in [0.29, 0.717) is 29.5 Å². The van der Waals surface area contributed by atoms with E-state index in [1.807, 2.05) is 48.5 Å². The van der Waals surface area contributed by atoms with E-state index in [2.05, 4.69) is 13.8 Å². The van der Waals surface area contributed by atoms with Gasteiger partial charge in [-0.15, -0.1) is 0 Å². The number of ether oxygens (including phenoxy) is 1. The fraction of sp³-hybridized carbons (Fsp3) is 0.278. The van der Waals surface area contributed by atoms with Crippen molar-refractivity contribution in [1.29, 1.82) is 0 Å². The Labute approximate surface area is 130 Å². The first-order valence-electron chi connectivity index (χ1n) is 7.09. The van der Waals surface area contributed by atoms with Gasteiger partial charge in [0.1, 0.15) is 5.75 Å². The number of hydrogen-bond acceptors (Lipinski definition) is 2. The van der Waals surface area contributed by atoms with Crippen molar-refractivity contribution >= 4 is 17.6 Å². The van der Waals surface area contributed by atoms with Gasteiger partial charge >= 0.3 is 5.97 Å². The van der Waals surface area contributed by atoms with Crippen molar-refractivity contribution in [3.8, 4) is 5.75 Å². The molecular formula is C18H19ClO2. The van der Waals surface area contributed by atoms with Gasteiger partial charge in [-0.25, -0.2) is 0 Å². The van der Waals surface area contributed by atoms with Crippen LogP contribution in [0.1, 0.15) is 37.3 Å². The van der Waals surface area contributed by atoms with Crippen molar-refractivity contribution in [3.05, 3.63) is 64.7 Å². The molecule has 0 aromatic heterocycles. The van der Waals surface area contributed by atoms with E-state index in [0.717, 1.165) is 5.56 Å². The molecule has 0 amide bonds. The molecule has 0 N–H and O–H groups in total. The molecule has 2 aromatic carbocycles. The molecule has 2 nitrogen and oxygen atoms in total. The maximum Gasteiger partial charge on any atom is 0.311 e. The van der Waals surface area contributed by atoms with Gasteiger partial charge in [-0.1, -0.05) is 49.7 Å².